The van der Waals surface area contributed by atoms with Crippen molar-refractivity contribution in [3.63, 3.8) is 0 Å². The Morgan fingerprint density at radius 1 is 1.39 bits per heavy atom. The molecule has 1 N–H and O–H groups in total. The van der Waals surface area contributed by atoms with Gasteiger partial charge in [-0.05, 0) is 24.1 Å². The van der Waals surface area contributed by atoms with Crippen molar-refractivity contribution in [2.45, 2.75) is 31.3 Å². The molecule has 1 fully saturated rings. The molecular weight excluding hydrogens is 296 g/mol. The van der Waals surface area contributed by atoms with Crippen LogP contribution >= 0.6 is 0 Å². The Bertz CT molecular complexity index is 600. The summed E-state index contributed by atoms with van der Waals surface area (Å²) in [6.45, 7) is 0.932. The van der Waals surface area contributed by atoms with Crippen molar-refractivity contribution in [2.24, 2.45) is 0 Å². The molecule has 124 valence electrons. The number of benzene rings is 1. The van der Waals surface area contributed by atoms with E-state index in [2.05, 4.69) is 4.98 Å². The molecule has 2 heterocycles. The fraction of sp³-hybridized carbons (Fsp3) is 0.471. The Morgan fingerprint density at radius 3 is 2.83 bits per heavy atom. The van der Waals surface area contributed by atoms with Crippen LogP contribution in [0.15, 0.2) is 43.0 Å². The second kappa shape index (κ2) is 7.12. The Hall–Kier alpha value is -1.89. The first-order valence-electron chi connectivity index (χ1n) is 7.74. The number of methoxy groups -OCH3 is 1. The van der Waals surface area contributed by atoms with Crippen molar-refractivity contribution in [2.75, 3.05) is 20.3 Å². The molecule has 1 aromatic carbocycles. The number of nitrogens with zero attached hydrogens (tertiary/aromatic N) is 2. The predicted octanol–water partition coefficient (Wildman–Crippen LogP) is 1.63. The molecule has 0 saturated carbocycles. The average molecular weight is 318 g/mol. The third-order valence-corrected chi connectivity index (χ3v) is 4.05. The maximum atomic E-state index is 9.33. The molecule has 23 heavy (non-hydrogen) atoms. The smallest absolute Gasteiger partial charge is 0.187 e. The maximum Gasteiger partial charge on any atom is 0.187 e. The van der Waals surface area contributed by atoms with Gasteiger partial charge in [-0.3, -0.25) is 0 Å². The van der Waals surface area contributed by atoms with Crippen molar-refractivity contribution in [1.82, 2.24) is 9.55 Å². The summed E-state index contributed by atoms with van der Waals surface area (Å²) < 4.78 is 19.0. The van der Waals surface area contributed by atoms with Crippen molar-refractivity contribution in [1.29, 1.82) is 0 Å². The minimum Gasteiger partial charge on any atom is -0.497 e. The summed E-state index contributed by atoms with van der Waals surface area (Å²) in [6, 6.07) is 7.99. The van der Waals surface area contributed by atoms with Gasteiger partial charge in [-0.15, -0.1) is 0 Å². The molecule has 6 heteroatoms. The molecule has 2 atom stereocenters. The lowest BCUT2D eigenvalue weighted by Crippen LogP contribution is -2.37. The van der Waals surface area contributed by atoms with Crippen molar-refractivity contribution in [3.8, 4) is 5.75 Å². The molecule has 3 rings (SSSR count). The third kappa shape index (κ3) is 3.90. The van der Waals surface area contributed by atoms with Crippen LogP contribution in [-0.4, -0.2) is 46.9 Å². The summed E-state index contributed by atoms with van der Waals surface area (Å²) in [5, 5.41) is 9.33. The second-order valence-corrected chi connectivity index (χ2v) is 5.73. The van der Waals surface area contributed by atoms with Crippen molar-refractivity contribution in [3.05, 3.63) is 48.5 Å². The highest BCUT2D eigenvalue weighted by atomic mass is 16.7. The topological polar surface area (TPSA) is 65.7 Å². The van der Waals surface area contributed by atoms with Crippen LogP contribution < -0.4 is 4.74 Å². The van der Waals surface area contributed by atoms with Crippen molar-refractivity contribution < 1.29 is 19.3 Å². The predicted molar refractivity (Wildman–Crippen MR) is 84.2 cm³/mol. The summed E-state index contributed by atoms with van der Waals surface area (Å²) in [4.78, 5) is 4.06. The quantitative estimate of drug-likeness (QED) is 0.840. The van der Waals surface area contributed by atoms with Gasteiger partial charge in [0, 0.05) is 18.8 Å². The van der Waals surface area contributed by atoms with Gasteiger partial charge < -0.3 is 23.9 Å². The van der Waals surface area contributed by atoms with Crippen LogP contribution in [-0.2, 0) is 22.4 Å². The molecule has 6 nitrogen and oxygen atoms in total. The minimum absolute atomic E-state index is 0.0335. The van der Waals surface area contributed by atoms with Gasteiger partial charge in [-0.25, -0.2) is 4.98 Å². The molecule has 0 amide bonds. The first kappa shape index (κ1) is 16.0. The summed E-state index contributed by atoms with van der Waals surface area (Å²) in [6.07, 6.45) is 6.61. The van der Waals surface area contributed by atoms with E-state index in [-0.39, 0.29) is 12.7 Å². The summed E-state index contributed by atoms with van der Waals surface area (Å²) in [5.41, 5.74) is 1.19. The van der Waals surface area contributed by atoms with Crippen LogP contribution in [0.25, 0.3) is 0 Å². The lowest BCUT2D eigenvalue weighted by molar-refractivity contribution is -0.185. The van der Waals surface area contributed by atoms with Gasteiger partial charge in [0.15, 0.2) is 5.79 Å². The highest BCUT2D eigenvalue weighted by molar-refractivity contribution is 5.27. The normalized spacial score (nSPS) is 24.0. The van der Waals surface area contributed by atoms with Gasteiger partial charge in [0.1, 0.15) is 11.9 Å². The standard InChI is InChI=1S/C17H22N2O4/c1-21-15-4-2-14(3-5-15)6-7-17(12-19-9-8-18-13-19)22-11-16(10-20)23-17/h2-5,8-9,13,16,20H,6-7,10-12H2,1H3. The van der Waals surface area contributed by atoms with E-state index in [9.17, 15) is 5.11 Å². The molecule has 0 bridgehead atoms. The van der Waals surface area contributed by atoms with Crippen LogP contribution in [0.4, 0.5) is 0 Å². The number of aliphatic hydroxyl groups is 1. The molecule has 0 radical (unpaired) electrons. The molecule has 1 aliphatic heterocycles. The Morgan fingerprint density at radius 2 is 2.22 bits per heavy atom. The number of ether oxygens (including phenoxy) is 3. The third-order valence-electron chi connectivity index (χ3n) is 4.05. The van der Waals surface area contributed by atoms with Crippen LogP contribution in [0.1, 0.15) is 12.0 Å². The average Bonchev–Trinajstić information content (AvgIpc) is 3.24. The first-order valence-corrected chi connectivity index (χ1v) is 7.74. The Kier molecular flexibility index (Phi) is 4.95. The van der Waals surface area contributed by atoms with Gasteiger partial charge in [-0.1, -0.05) is 12.1 Å². The molecule has 1 saturated heterocycles. The molecule has 1 aromatic heterocycles. The van der Waals surface area contributed by atoms with E-state index in [4.69, 9.17) is 14.2 Å². The zero-order valence-corrected chi connectivity index (χ0v) is 13.2. The van der Waals surface area contributed by atoms with Crippen LogP contribution in [0.3, 0.4) is 0 Å². The molecule has 1 aliphatic rings. The summed E-state index contributed by atoms with van der Waals surface area (Å²) in [7, 11) is 1.66. The number of aryl methyl sites for hydroxylation is 1. The van der Waals surface area contributed by atoms with Crippen LogP contribution in [0.2, 0.25) is 0 Å². The van der Waals surface area contributed by atoms with Crippen molar-refractivity contribution >= 4 is 0 Å². The van der Waals surface area contributed by atoms with Gasteiger partial charge >= 0.3 is 0 Å². The Labute approximate surface area is 135 Å². The molecular formula is C17H22N2O4. The van der Waals surface area contributed by atoms with Gasteiger partial charge in [0.25, 0.3) is 0 Å². The number of aromatic nitrogens is 2. The number of hydrogen-bond donors (Lipinski definition) is 1. The fourth-order valence-electron chi connectivity index (χ4n) is 2.79. The largest absolute Gasteiger partial charge is 0.497 e. The minimum atomic E-state index is -0.728. The second-order valence-electron chi connectivity index (χ2n) is 5.73. The number of rotatable bonds is 7. The first-order chi connectivity index (χ1) is 11.2. The van der Waals surface area contributed by atoms with Crippen LogP contribution in [0.5, 0.6) is 5.75 Å². The highest BCUT2D eigenvalue weighted by Gasteiger charge is 2.41. The monoisotopic (exact) mass is 318 g/mol. The maximum absolute atomic E-state index is 9.33. The summed E-state index contributed by atoms with van der Waals surface area (Å²) >= 11 is 0. The van der Waals surface area contributed by atoms with Gasteiger partial charge in [0.2, 0.25) is 0 Å². The highest BCUT2D eigenvalue weighted by Crippen LogP contribution is 2.31. The lowest BCUT2D eigenvalue weighted by atomic mass is 10.0. The van der Waals surface area contributed by atoms with E-state index in [0.29, 0.717) is 19.6 Å². The number of hydrogen-bond acceptors (Lipinski definition) is 5. The zero-order chi connectivity index (χ0) is 16.1. The van der Waals surface area contributed by atoms with E-state index in [1.807, 2.05) is 35.0 Å². The number of imidazole rings is 1. The van der Waals surface area contributed by atoms with E-state index < -0.39 is 5.79 Å². The SMILES string of the molecule is COc1ccc(CCC2(Cn3ccnc3)OCC(CO)O2)cc1. The molecule has 0 spiro atoms. The lowest BCUT2D eigenvalue weighted by Gasteiger charge is -2.28. The van der Waals surface area contributed by atoms with E-state index in [1.165, 1.54) is 5.56 Å². The van der Waals surface area contributed by atoms with E-state index >= 15 is 0 Å². The zero-order valence-electron chi connectivity index (χ0n) is 13.2. The van der Waals surface area contributed by atoms with Gasteiger partial charge in [0.05, 0.1) is 33.2 Å². The number of aliphatic hydroxyl groups excluding tert-OH is 1. The van der Waals surface area contributed by atoms with E-state index in [1.54, 1.807) is 19.6 Å². The van der Waals surface area contributed by atoms with E-state index in [0.717, 1.165) is 12.2 Å². The molecule has 0 aliphatic carbocycles. The molecule has 2 unspecified atom stereocenters. The summed E-state index contributed by atoms with van der Waals surface area (Å²) in [5.74, 6) is 0.115. The Balaban J connectivity index is 1.68. The van der Waals surface area contributed by atoms with Crippen LogP contribution in [0, 0.1) is 0 Å². The van der Waals surface area contributed by atoms with Gasteiger partial charge in [-0.2, -0.15) is 0 Å². The fourth-order valence-corrected chi connectivity index (χ4v) is 2.79. The molecule has 2 aromatic rings.